The van der Waals surface area contributed by atoms with Crippen LogP contribution in [-0.2, 0) is 11.2 Å². The summed E-state index contributed by atoms with van der Waals surface area (Å²) in [4.78, 5) is 10.5. The topological polar surface area (TPSA) is 78.3 Å². The van der Waals surface area contributed by atoms with E-state index in [-0.39, 0.29) is 5.91 Å². The molecule has 0 radical (unpaired) electrons. The van der Waals surface area contributed by atoms with Gasteiger partial charge in [0, 0.05) is 6.42 Å². The summed E-state index contributed by atoms with van der Waals surface area (Å²) < 4.78 is 5.54. The predicted octanol–water partition coefficient (Wildman–Crippen LogP) is 1.22. The number of nitrogens with two attached hydrogens (primary N) is 2. The fraction of sp³-hybridized carbons (Fsp3) is 0.462. The molecule has 0 aromatic heterocycles. The smallest absolute Gasteiger partial charge is 0.217 e. The van der Waals surface area contributed by atoms with Crippen LogP contribution in [0.3, 0.4) is 0 Å². The molecule has 17 heavy (non-hydrogen) atoms. The first-order valence-corrected chi connectivity index (χ1v) is 5.92. The van der Waals surface area contributed by atoms with Crippen LogP contribution in [0, 0.1) is 0 Å². The molecule has 0 fully saturated rings. The Morgan fingerprint density at radius 1 is 1.29 bits per heavy atom. The molecule has 0 saturated heterocycles. The summed E-state index contributed by atoms with van der Waals surface area (Å²) in [5, 5.41) is 0. The second-order valence-electron chi connectivity index (χ2n) is 3.96. The average molecular weight is 236 g/mol. The van der Waals surface area contributed by atoms with Gasteiger partial charge in [-0.25, -0.2) is 0 Å². The molecule has 1 rings (SSSR count). The van der Waals surface area contributed by atoms with Gasteiger partial charge < -0.3 is 16.2 Å². The van der Waals surface area contributed by atoms with Gasteiger partial charge in [0.15, 0.2) is 0 Å². The first-order chi connectivity index (χ1) is 8.22. The minimum atomic E-state index is -0.287. The van der Waals surface area contributed by atoms with Crippen molar-refractivity contribution in [2.45, 2.75) is 25.7 Å². The number of hydrogen-bond acceptors (Lipinski definition) is 3. The molecule has 0 aliphatic rings. The average Bonchev–Trinajstić information content (AvgIpc) is 2.32. The van der Waals surface area contributed by atoms with E-state index in [2.05, 4.69) is 6.07 Å². The van der Waals surface area contributed by atoms with Gasteiger partial charge in [-0.15, -0.1) is 0 Å². The third kappa shape index (κ3) is 5.92. The fourth-order valence-electron chi connectivity index (χ4n) is 1.53. The second kappa shape index (κ2) is 7.68. The van der Waals surface area contributed by atoms with Gasteiger partial charge in [0.05, 0.1) is 6.61 Å². The lowest BCUT2D eigenvalue weighted by atomic mass is 10.1. The number of rotatable bonds is 8. The SMILES string of the molecule is NCCCc1cccc(OCCCC(N)=O)c1. The first-order valence-electron chi connectivity index (χ1n) is 5.92. The van der Waals surface area contributed by atoms with E-state index in [1.807, 2.05) is 18.2 Å². The first kappa shape index (κ1) is 13.5. The summed E-state index contributed by atoms with van der Waals surface area (Å²) in [7, 11) is 0. The normalized spacial score (nSPS) is 10.2. The maximum absolute atomic E-state index is 10.5. The quantitative estimate of drug-likeness (QED) is 0.666. The molecule has 0 saturated carbocycles. The molecule has 4 nitrogen and oxygen atoms in total. The van der Waals surface area contributed by atoms with Crippen molar-refractivity contribution in [3.63, 3.8) is 0 Å². The zero-order valence-corrected chi connectivity index (χ0v) is 10.0. The third-order valence-electron chi connectivity index (χ3n) is 2.40. The molecule has 0 heterocycles. The van der Waals surface area contributed by atoms with Crippen molar-refractivity contribution in [2.75, 3.05) is 13.2 Å². The van der Waals surface area contributed by atoms with E-state index in [9.17, 15) is 4.79 Å². The van der Waals surface area contributed by atoms with E-state index in [1.54, 1.807) is 0 Å². The van der Waals surface area contributed by atoms with Gasteiger partial charge in [-0.05, 0) is 43.5 Å². The molecule has 94 valence electrons. The molecule has 4 N–H and O–H groups in total. The van der Waals surface area contributed by atoms with Crippen LogP contribution in [0.5, 0.6) is 5.75 Å². The number of primary amides is 1. The molecule has 4 heteroatoms. The van der Waals surface area contributed by atoms with Crippen molar-refractivity contribution in [3.8, 4) is 5.75 Å². The molecule has 0 unspecified atom stereocenters. The highest BCUT2D eigenvalue weighted by molar-refractivity contribution is 5.73. The Kier molecular flexibility index (Phi) is 6.10. The summed E-state index contributed by atoms with van der Waals surface area (Å²) in [6.45, 7) is 1.22. The van der Waals surface area contributed by atoms with Gasteiger partial charge in [-0.2, -0.15) is 0 Å². The van der Waals surface area contributed by atoms with Crippen LogP contribution >= 0.6 is 0 Å². The molecule has 1 aromatic carbocycles. The van der Waals surface area contributed by atoms with Crippen LogP contribution in [0.1, 0.15) is 24.8 Å². The number of carbonyl (C=O) groups is 1. The van der Waals surface area contributed by atoms with Gasteiger partial charge in [0.2, 0.25) is 5.91 Å². The van der Waals surface area contributed by atoms with Crippen LogP contribution in [0.2, 0.25) is 0 Å². The van der Waals surface area contributed by atoms with Gasteiger partial charge in [0.1, 0.15) is 5.75 Å². The Hall–Kier alpha value is -1.55. The Morgan fingerprint density at radius 2 is 2.12 bits per heavy atom. The zero-order valence-electron chi connectivity index (χ0n) is 10.0. The number of aryl methyl sites for hydroxylation is 1. The van der Waals surface area contributed by atoms with Gasteiger partial charge in [-0.1, -0.05) is 12.1 Å². The van der Waals surface area contributed by atoms with Crippen molar-refractivity contribution in [2.24, 2.45) is 11.5 Å². The Morgan fingerprint density at radius 3 is 2.82 bits per heavy atom. The summed E-state index contributed by atoms with van der Waals surface area (Å²) in [5.41, 5.74) is 11.7. The number of ether oxygens (including phenoxy) is 1. The standard InChI is InChI=1S/C13H20N2O2/c14-8-2-5-11-4-1-6-12(10-11)17-9-3-7-13(15)16/h1,4,6,10H,2-3,5,7-9,14H2,(H2,15,16). The Labute approximate surface area is 102 Å². The highest BCUT2D eigenvalue weighted by Gasteiger charge is 1.98. The van der Waals surface area contributed by atoms with Crippen LogP contribution < -0.4 is 16.2 Å². The van der Waals surface area contributed by atoms with Crippen molar-refractivity contribution >= 4 is 5.91 Å². The highest BCUT2D eigenvalue weighted by Crippen LogP contribution is 2.14. The lowest BCUT2D eigenvalue weighted by Crippen LogP contribution is -2.11. The third-order valence-corrected chi connectivity index (χ3v) is 2.40. The lowest BCUT2D eigenvalue weighted by Gasteiger charge is -2.07. The summed E-state index contributed by atoms with van der Waals surface area (Å²) >= 11 is 0. The van der Waals surface area contributed by atoms with Crippen LogP contribution in [0.25, 0.3) is 0 Å². The number of amides is 1. The molecule has 0 aliphatic carbocycles. The zero-order chi connectivity index (χ0) is 12.5. The number of hydrogen-bond donors (Lipinski definition) is 2. The molecule has 1 amide bonds. The monoisotopic (exact) mass is 236 g/mol. The van der Waals surface area contributed by atoms with E-state index in [4.69, 9.17) is 16.2 Å². The maximum Gasteiger partial charge on any atom is 0.217 e. The van der Waals surface area contributed by atoms with E-state index in [0.717, 1.165) is 18.6 Å². The molecular weight excluding hydrogens is 216 g/mol. The van der Waals surface area contributed by atoms with E-state index in [1.165, 1.54) is 5.56 Å². The maximum atomic E-state index is 10.5. The minimum absolute atomic E-state index is 0.287. The van der Waals surface area contributed by atoms with Crippen LogP contribution in [0.15, 0.2) is 24.3 Å². The van der Waals surface area contributed by atoms with Crippen molar-refractivity contribution in [1.29, 1.82) is 0 Å². The Bertz CT molecular complexity index is 353. The second-order valence-corrected chi connectivity index (χ2v) is 3.96. The minimum Gasteiger partial charge on any atom is -0.494 e. The molecular formula is C13H20N2O2. The van der Waals surface area contributed by atoms with Crippen molar-refractivity contribution in [1.82, 2.24) is 0 Å². The van der Waals surface area contributed by atoms with Crippen LogP contribution in [0.4, 0.5) is 0 Å². The molecule has 1 aromatic rings. The highest BCUT2D eigenvalue weighted by atomic mass is 16.5. The van der Waals surface area contributed by atoms with E-state index >= 15 is 0 Å². The summed E-state index contributed by atoms with van der Waals surface area (Å²) in [5.74, 6) is 0.550. The van der Waals surface area contributed by atoms with Crippen molar-refractivity contribution in [3.05, 3.63) is 29.8 Å². The van der Waals surface area contributed by atoms with Crippen molar-refractivity contribution < 1.29 is 9.53 Å². The summed E-state index contributed by atoms with van der Waals surface area (Å²) in [6, 6.07) is 7.96. The Balaban J connectivity index is 2.34. The van der Waals surface area contributed by atoms with Gasteiger partial charge in [0.25, 0.3) is 0 Å². The number of benzene rings is 1. The van der Waals surface area contributed by atoms with Crippen LogP contribution in [-0.4, -0.2) is 19.1 Å². The molecule has 0 bridgehead atoms. The molecule has 0 aliphatic heterocycles. The van der Waals surface area contributed by atoms with Gasteiger partial charge in [-0.3, -0.25) is 4.79 Å². The van der Waals surface area contributed by atoms with E-state index < -0.39 is 0 Å². The molecule has 0 spiro atoms. The number of carbonyl (C=O) groups excluding carboxylic acids is 1. The van der Waals surface area contributed by atoms with E-state index in [0.29, 0.717) is 26.0 Å². The fourth-order valence-corrected chi connectivity index (χ4v) is 1.53. The molecule has 0 atom stereocenters. The predicted molar refractivity (Wildman–Crippen MR) is 67.7 cm³/mol. The lowest BCUT2D eigenvalue weighted by molar-refractivity contribution is -0.118. The summed E-state index contributed by atoms with van der Waals surface area (Å²) in [6.07, 6.45) is 2.97. The largest absolute Gasteiger partial charge is 0.494 e. The van der Waals surface area contributed by atoms with Gasteiger partial charge >= 0.3 is 0 Å².